The Morgan fingerprint density at radius 2 is 2.00 bits per heavy atom. The van der Waals surface area contributed by atoms with E-state index in [9.17, 15) is 15.0 Å². The fourth-order valence-electron chi connectivity index (χ4n) is 7.84. The number of carbonyl (C=O) groups excluding carboxylic acids is 1. The molecule has 1 aliphatic heterocycles. The molecule has 1 heterocycles. The molecule has 4 nitrogen and oxygen atoms in total. The van der Waals surface area contributed by atoms with Gasteiger partial charge in [0.25, 0.3) is 0 Å². The lowest BCUT2D eigenvalue weighted by Crippen LogP contribution is -2.52. The first-order valence-electron chi connectivity index (χ1n) is 10.1. The number of allylic oxidation sites excluding steroid dienone is 1. The van der Waals surface area contributed by atoms with Crippen LogP contribution in [0, 0.1) is 34.5 Å². The zero-order valence-electron chi connectivity index (χ0n) is 15.2. The van der Waals surface area contributed by atoms with Crippen molar-refractivity contribution in [2.75, 3.05) is 13.2 Å². The molecule has 0 aromatic carbocycles. The quantitative estimate of drug-likeness (QED) is 0.766. The highest BCUT2D eigenvalue weighted by Gasteiger charge is 2.68. The average Bonchev–Trinajstić information content (AvgIpc) is 3.12. The molecule has 4 heteroatoms. The highest BCUT2D eigenvalue weighted by atomic mass is 16.6. The van der Waals surface area contributed by atoms with Gasteiger partial charge >= 0.3 is 0 Å². The summed E-state index contributed by atoms with van der Waals surface area (Å²) in [4.78, 5) is 11.9. The van der Waals surface area contributed by atoms with E-state index in [-0.39, 0.29) is 23.4 Å². The zero-order chi connectivity index (χ0) is 17.4. The van der Waals surface area contributed by atoms with Crippen molar-refractivity contribution in [3.05, 3.63) is 11.6 Å². The molecule has 1 spiro atoms. The fourth-order valence-corrected chi connectivity index (χ4v) is 7.84. The summed E-state index contributed by atoms with van der Waals surface area (Å²) >= 11 is 0. The molecule has 0 bridgehead atoms. The summed E-state index contributed by atoms with van der Waals surface area (Å²) in [5.41, 5.74) is 1.68. The zero-order valence-corrected chi connectivity index (χ0v) is 15.2. The average molecular weight is 346 g/mol. The van der Waals surface area contributed by atoms with Crippen LogP contribution in [0.4, 0.5) is 0 Å². The smallest absolute Gasteiger partial charge is 0.192 e. The van der Waals surface area contributed by atoms with Gasteiger partial charge in [-0.05, 0) is 74.2 Å². The predicted molar refractivity (Wildman–Crippen MR) is 92.5 cm³/mol. The van der Waals surface area contributed by atoms with E-state index in [1.807, 2.05) is 6.08 Å². The first-order valence-corrected chi connectivity index (χ1v) is 10.1. The molecule has 0 radical (unpaired) electrons. The Labute approximate surface area is 149 Å². The second-order valence-electron chi connectivity index (χ2n) is 9.66. The number of rotatable bonds is 1. The Balaban J connectivity index is 1.49. The SMILES string of the molecule is C[C@]12CCC(=O)C=C1CC[C@H]1[C@@H]3CCC4C(O)(CO)OCC43CC[C@@H]12. The molecule has 5 aliphatic rings. The molecule has 25 heavy (non-hydrogen) atoms. The van der Waals surface area contributed by atoms with Crippen molar-refractivity contribution in [3.63, 3.8) is 0 Å². The lowest BCUT2D eigenvalue weighted by Gasteiger charge is -2.57. The van der Waals surface area contributed by atoms with Crippen LogP contribution >= 0.6 is 0 Å². The van der Waals surface area contributed by atoms with E-state index < -0.39 is 5.79 Å². The van der Waals surface area contributed by atoms with Gasteiger partial charge in [-0.1, -0.05) is 12.5 Å². The number of carbonyl (C=O) groups is 1. The molecule has 3 unspecified atom stereocenters. The lowest BCUT2D eigenvalue weighted by atomic mass is 9.46. The third kappa shape index (κ3) is 1.97. The molecule has 0 amide bonds. The first kappa shape index (κ1) is 16.5. The van der Waals surface area contributed by atoms with Crippen LogP contribution in [-0.2, 0) is 9.53 Å². The van der Waals surface area contributed by atoms with Gasteiger partial charge in [0.05, 0.1) is 13.2 Å². The van der Waals surface area contributed by atoms with Gasteiger partial charge in [-0.25, -0.2) is 0 Å². The molecular formula is C21H30O4. The van der Waals surface area contributed by atoms with Gasteiger partial charge < -0.3 is 14.9 Å². The van der Waals surface area contributed by atoms with Gasteiger partial charge in [0.1, 0.15) is 0 Å². The standard InChI is InChI=1S/C21H30O4/c1-19-8-6-14(23)10-13(19)2-3-15-16(19)7-9-20-12-25-21(24,11-22)18(20)5-4-17(15)20/h10,15-18,22,24H,2-9,11-12H2,1H3/t15-,16+,17+,18?,19+,20?,21?/m1/s1. The molecule has 0 aromatic heterocycles. The lowest BCUT2D eigenvalue weighted by molar-refractivity contribution is -0.217. The summed E-state index contributed by atoms with van der Waals surface area (Å²) in [6.07, 6.45) is 10.3. The normalized spacial score (nSPS) is 54.4. The molecule has 5 rings (SSSR count). The van der Waals surface area contributed by atoms with Crippen LogP contribution in [0.15, 0.2) is 11.6 Å². The van der Waals surface area contributed by atoms with Gasteiger partial charge in [-0.2, -0.15) is 0 Å². The van der Waals surface area contributed by atoms with Crippen LogP contribution in [0.25, 0.3) is 0 Å². The molecule has 7 atom stereocenters. The van der Waals surface area contributed by atoms with E-state index in [0.29, 0.717) is 36.6 Å². The number of aliphatic hydroxyl groups excluding tert-OH is 1. The minimum atomic E-state index is -1.32. The van der Waals surface area contributed by atoms with E-state index >= 15 is 0 Å². The van der Waals surface area contributed by atoms with Crippen molar-refractivity contribution < 1.29 is 19.7 Å². The summed E-state index contributed by atoms with van der Waals surface area (Å²) in [6.45, 7) is 2.73. The van der Waals surface area contributed by atoms with Gasteiger partial charge in [0.2, 0.25) is 0 Å². The Hall–Kier alpha value is -0.710. The monoisotopic (exact) mass is 346 g/mol. The third-order valence-electron chi connectivity index (χ3n) is 9.04. The molecule has 1 saturated heterocycles. The molecule has 4 fully saturated rings. The molecular weight excluding hydrogens is 316 g/mol. The van der Waals surface area contributed by atoms with Crippen LogP contribution in [0.2, 0.25) is 0 Å². The molecule has 138 valence electrons. The molecule has 2 N–H and O–H groups in total. The number of fused-ring (bicyclic) bond motifs is 4. The number of ether oxygens (including phenoxy) is 1. The molecule has 0 aromatic rings. The number of ketones is 1. The van der Waals surface area contributed by atoms with E-state index in [1.54, 1.807) is 0 Å². The van der Waals surface area contributed by atoms with Crippen molar-refractivity contribution in [2.45, 2.75) is 64.1 Å². The van der Waals surface area contributed by atoms with Crippen molar-refractivity contribution in [2.24, 2.45) is 34.5 Å². The van der Waals surface area contributed by atoms with Crippen LogP contribution in [-0.4, -0.2) is 35.0 Å². The Morgan fingerprint density at radius 3 is 2.80 bits per heavy atom. The first-order chi connectivity index (χ1) is 11.9. The summed E-state index contributed by atoms with van der Waals surface area (Å²) in [6, 6.07) is 0. The van der Waals surface area contributed by atoms with E-state index in [0.717, 1.165) is 32.1 Å². The molecule has 3 saturated carbocycles. The van der Waals surface area contributed by atoms with E-state index in [2.05, 4.69) is 6.92 Å². The fraction of sp³-hybridized carbons (Fsp3) is 0.857. The minimum Gasteiger partial charge on any atom is -0.391 e. The summed E-state index contributed by atoms with van der Waals surface area (Å²) in [5, 5.41) is 20.4. The largest absolute Gasteiger partial charge is 0.391 e. The Kier molecular flexibility index (Phi) is 3.41. The predicted octanol–water partition coefficient (Wildman–Crippen LogP) is 2.83. The molecule has 4 aliphatic carbocycles. The van der Waals surface area contributed by atoms with Gasteiger partial charge in [-0.15, -0.1) is 0 Å². The summed E-state index contributed by atoms with van der Waals surface area (Å²) in [5.74, 6) is 1.04. The topological polar surface area (TPSA) is 66.8 Å². The summed E-state index contributed by atoms with van der Waals surface area (Å²) < 4.78 is 5.79. The van der Waals surface area contributed by atoms with Crippen molar-refractivity contribution >= 4 is 5.78 Å². The van der Waals surface area contributed by atoms with Gasteiger partial charge in [0.15, 0.2) is 11.6 Å². The number of hydrogen-bond acceptors (Lipinski definition) is 4. The van der Waals surface area contributed by atoms with Crippen LogP contribution in [0.3, 0.4) is 0 Å². The van der Waals surface area contributed by atoms with Crippen LogP contribution in [0.5, 0.6) is 0 Å². The van der Waals surface area contributed by atoms with Crippen LogP contribution in [0.1, 0.15) is 58.3 Å². The third-order valence-corrected chi connectivity index (χ3v) is 9.04. The highest BCUT2D eigenvalue weighted by Crippen LogP contribution is 2.69. The summed E-state index contributed by atoms with van der Waals surface area (Å²) in [7, 11) is 0. The Bertz CT molecular complexity index is 642. The highest BCUT2D eigenvalue weighted by molar-refractivity contribution is 5.91. The second kappa shape index (κ2) is 5.17. The maximum atomic E-state index is 11.9. The maximum absolute atomic E-state index is 11.9. The minimum absolute atomic E-state index is 0.0701. The Morgan fingerprint density at radius 1 is 1.16 bits per heavy atom. The van der Waals surface area contributed by atoms with Crippen LogP contribution < -0.4 is 0 Å². The van der Waals surface area contributed by atoms with Crippen molar-refractivity contribution in [1.82, 2.24) is 0 Å². The van der Waals surface area contributed by atoms with Crippen molar-refractivity contribution in [3.8, 4) is 0 Å². The maximum Gasteiger partial charge on any atom is 0.192 e. The van der Waals surface area contributed by atoms with Crippen molar-refractivity contribution in [1.29, 1.82) is 0 Å². The van der Waals surface area contributed by atoms with E-state index in [4.69, 9.17) is 4.74 Å². The second-order valence-corrected chi connectivity index (χ2v) is 9.66. The number of aliphatic hydroxyl groups is 2. The van der Waals surface area contributed by atoms with Gasteiger partial charge in [-0.3, -0.25) is 4.79 Å². The number of hydrogen-bond donors (Lipinski definition) is 2. The van der Waals surface area contributed by atoms with Gasteiger partial charge in [0, 0.05) is 17.8 Å². The van der Waals surface area contributed by atoms with E-state index in [1.165, 1.54) is 18.4 Å².